The fourth-order valence-corrected chi connectivity index (χ4v) is 3.87. The van der Waals surface area contributed by atoms with E-state index in [0.717, 1.165) is 0 Å². The molecule has 5 rings (SSSR count). The first-order valence-electron chi connectivity index (χ1n) is 9.16. The lowest BCUT2D eigenvalue weighted by Gasteiger charge is -2.03. The third kappa shape index (κ3) is 2.56. The van der Waals surface area contributed by atoms with Crippen LogP contribution in [-0.2, 0) is 0 Å². The summed E-state index contributed by atoms with van der Waals surface area (Å²) in [5.41, 5.74) is 7.30. The van der Waals surface area contributed by atoms with Crippen LogP contribution in [0.3, 0.4) is 0 Å². The highest BCUT2D eigenvalue weighted by Gasteiger charge is 2.11. The van der Waals surface area contributed by atoms with Crippen LogP contribution in [0.1, 0.15) is 0 Å². The van der Waals surface area contributed by atoms with Crippen LogP contribution in [0, 0.1) is 0 Å². The van der Waals surface area contributed by atoms with Gasteiger partial charge in [0, 0.05) is 17.0 Å². The summed E-state index contributed by atoms with van der Waals surface area (Å²) in [6.07, 6.45) is 1.90. The van der Waals surface area contributed by atoms with Crippen LogP contribution < -0.4 is 0 Å². The SMILES string of the molecule is C=Cn1c2ccc(-c3ccccc3)cc2c2cc(-c3ccccc3)ccc21. The van der Waals surface area contributed by atoms with Crippen LogP contribution in [0.2, 0.25) is 0 Å². The maximum Gasteiger partial charge on any atom is 0.0535 e. The molecule has 27 heavy (non-hydrogen) atoms. The largest absolute Gasteiger partial charge is 0.317 e. The molecule has 0 saturated carbocycles. The van der Waals surface area contributed by atoms with E-state index < -0.39 is 0 Å². The maximum atomic E-state index is 4.03. The van der Waals surface area contributed by atoms with Gasteiger partial charge < -0.3 is 4.57 Å². The van der Waals surface area contributed by atoms with Gasteiger partial charge in [-0.2, -0.15) is 0 Å². The van der Waals surface area contributed by atoms with Gasteiger partial charge in [0.1, 0.15) is 0 Å². The van der Waals surface area contributed by atoms with Gasteiger partial charge in [-0.15, -0.1) is 0 Å². The lowest BCUT2D eigenvalue weighted by Crippen LogP contribution is -1.84. The van der Waals surface area contributed by atoms with Crippen LogP contribution in [0.25, 0.3) is 50.3 Å². The Bertz CT molecular complexity index is 1160. The van der Waals surface area contributed by atoms with Crippen LogP contribution in [0.4, 0.5) is 0 Å². The predicted molar refractivity (Wildman–Crippen MR) is 117 cm³/mol. The first-order valence-corrected chi connectivity index (χ1v) is 9.16. The molecule has 5 aromatic rings. The van der Waals surface area contributed by atoms with E-state index in [-0.39, 0.29) is 0 Å². The molecule has 0 unspecified atom stereocenters. The zero-order chi connectivity index (χ0) is 18.2. The highest BCUT2D eigenvalue weighted by atomic mass is 14.9. The molecule has 0 aliphatic carbocycles. The van der Waals surface area contributed by atoms with E-state index in [1.165, 1.54) is 44.1 Å². The van der Waals surface area contributed by atoms with Gasteiger partial charge in [-0.1, -0.05) is 79.4 Å². The number of aromatic nitrogens is 1. The zero-order valence-electron chi connectivity index (χ0n) is 15.0. The van der Waals surface area contributed by atoms with E-state index in [4.69, 9.17) is 0 Å². The molecule has 1 aromatic heterocycles. The second-order valence-electron chi connectivity index (χ2n) is 6.75. The maximum absolute atomic E-state index is 4.03. The number of fused-ring (bicyclic) bond motifs is 3. The quantitative estimate of drug-likeness (QED) is 0.325. The van der Waals surface area contributed by atoms with Crippen molar-refractivity contribution in [3.8, 4) is 22.3 Å². The number of hydrogen-bond acceptors (Lipinski definition) is 0. The molecular formula is C26H19N. The monoisotopic (exact) mass is 345 g/mol. The average Bonchev–Trinajstić information content (AvgIpc) is 3.07. The highest BCUT2D eigenvalue weighted by molar-refractivity contribution is 6.11. The second-order valence-corrected chi connectivity index (χ2v) is 6.75. The Morgan fingerprint density at radius 2 is 0.963 bits per heavy atom. The number of hydrogen-bond donors (Lipinski definition) is 0. The average molecular weight is 345 g/mol. The Balaban J connectivity index is 1.80. The van der Waals surface area contributed by atoms with Crippen molar-refractivity contribution in [3.63, 3.8) is 0 Å². The number of nitrogens with zero attached hydrogens (tertiary/aromatic N) is 1. The molecule has 0 bridgehead atoms. The van der Waals surface area contributed by atoms with Gasteiger partial charge in [-0.25, -0.2) is 0 Å². The molecule has 1 nitrogen and oxygen atoms in total. The first kappa shape index (κ1) is 15.7. The van der Waals surface area contributed by atoms with E-state index in [9.17, 15) is 0 Å². The number of benzene rings is 4. The summed E-state index contributed by atoms with van der Waals surface area (Å²) >= 11 is 0. The van der Waals surface area contributed by atoms with Crippen LogP contribution in [0.15, 0.2) is 104 Å². The third-order valence-electron chi connectivity index (χ3n) is 5.20. The molecule has 1 heteroatoms. The summed E-state index contributed by atoms with van der Waals surface area (Å²) in [7, 11) is 0. The fraction of sp³-hybridized carbons (Fsp3) is 0. The molecule has 0 atom stereocenters. The summed E-state index contributed by atoms with van der Waals surface area (Å²) in [5.74, 6) is 0. The van der Waals surface area contributed by atoms with Crippen molar-refractivity contribution >= 4 is 28.0 Å². The minimum Gasteiger partial charge on any atom is -0.317 e. The first-order chi connectivity index (χ1) is 13.3. The molecule has 0 aliphatic heterocycles. The Kier molecular flexibility index (Phi) is 3.65. The van der Waals surface area contributed by atoms with E-state index >= 15 is 0 Å². The van der Waals surface area contributed by atoms with Crippen LogP contribution in [-0.4, -0.2) is 4.57 Å². The van der Waals surface area contributed by atoms with E-state index in [1.807, 2.05) is 6.20 Å². The standard InChI is InChI=1S/C26H19N/c1-2-27-25-15-13-21(19-9-5-3-6-10-19)17-23(25)24-18-22(14-16-26(24)27)20-11-7-4-8-12-20/h2-18H,1H2. The molecule has 0 radical (unpaired) electrons. The van der Waals surface area contributed by atoms with Crippen molar-refractivity contribution in [2.24, 2.45) is 0 Å². The van der Waals surface area contributed by atoms with Crippen LogP contribution >= 0.6 is 0 Å². The Morgan fingerprint density at radius 3 is 1.37 bits per heavy atom. The molecule has 4 aromatic carbocycles. The van der Waals surface area contributed by atoms with Gasteiger partial charge in [-0.05, 0) is 46.5 Å². The molecule has 0 saturated heterocycles. The predicted octanol–water partition coefficient (Wildman–Crippen LogP) is 7.23. The zero-order valence-corrected chi connectivity index (χ0v) is 15.0. The lowest BCUT2D eigenvalue weighted by molar-refractivity contribution is 1.30. The van der Waals surface area contributed by atoms with Gasteiger partial charge in [0.2, 0.25) is 0 Å². The van der Waals surface area contributed by atoms with Gasteiger partial charge in [0.25, 0.3) is 0 Å². The van der Waals surface area contributed by atoms with Crippen LogP contribution in [0.5, 0.6) is 0 Å². The summed E-state index contributed by atoms with van der Waals surface area (Å²) in [5, 5.41) is 2.51. The summed E-state index contributed by atoms with van der Waals surface area (Å²) < 4.78 is 2.17. The van der Waals surface area contributed by atoms with E-state index in [1.54, 1.807) is 0 Å². The minimum absolute atomic E-state index is 1.19. The van der Waals surface area contributed by atoms with Crippen molar-refractivity contribution in [1.29, 1.82) is 0 Å². The normalized spacial score (nSPS) is 11.1. The topological polar surface area (TPSA) is 4.93 Å². The van der Waals surface area contributed by atoms with Crippen molar-refractivity contribution in [2.45, 2.75) is 0 Å². The molecule has 0 N–H and O–H groups in total. The minimum atomic E-state index is 1.19. The molecule has 0 spiro atoms. The second kappa shape index (κ2) is 6.30. The van der Waals surface area contributed by atoms with Gasteiger partial charge in [0.15, 0.2) is 0 Å². The van der Waals surface area contributed by atoms with E-state index in [2.05, 4.69) is 108 Å². The highest BCUT2D eigenvalue weighted by Crippen LogP contribution is 2.35. The molecule has 1 heterocycles. The molecular weight excluding hydrogens is 326 g/mol. The van der Waals surface area contributed by atoms with Gasteiger partial charge >= 0.3 is 0 Å². The Hall–Kier alpha value is -3.58. The summed E-state index contributed by atoms with van der Waals surface area (Å²) in [6.45, 7) is 4.03. The molecule has 128 valence electrons. The van der Waals surface area contributed by atoms with Gasteiger partial charge in [0.05, 0.1) is 11.0 Å². The molecule has 0 fully saturated rings. The molecule has 0 amide bonds. The third-order valence-corrected chi connectivity index (χ3v) is 5.20. The van der Waals surface area contributed by atoms with Crippen molar-refractivity contribution in [2.75, 3.05) is 0 Å². The van der Waals surface area contributed by atoms with E-state index in [0.29, 0.717) is 0 Å². The smallest absolute Gasteiger partial charge is 0.0535 e. The Labute approximate surface area is 158 Å². The fourth-order valence-electron chi connectivity index (χ4n) is 3.87. The van der Waals surface area contributed by atoms with Crippen molar-refractivity contribution < 1.29 is 0 Å². The van der Waals surface area contributed by atoms with Gasteiger partial charge in [-0.3, -0.25) is 0 Å². The summed E-state index contributed by atoms with van der Waals surface area (Å²) in [4.78, 5) is 0. The Morgan fingerprint density at radius 1 is 0.519 bits per heavy atom. The van der Waals surface area contributed by atoms with Crippen molar-refractivity contribution in [3.05, 3.63) is 104 Å². The molecule has 0 aliphatic rings. The lowest BCUT2D eigenvalue weighted by atomic mass is 10.0. The number of rotatable bonds is 3. The van der Waals surface area contributed by atoms with Crippen molar-refractivity contribution in [1.82, 2.24) is 4.57 Å². The summed E-state index contributed by atoms with van der Waals surface area (Å²) in [6, 6.07) is 34.4.